The van der Waals surface area contributed by atoms with Crippen molar-refractivity contribution in [2.45, 2.75) is 23.9 Å². The zero-order valence-electron chi connectivity index (χ0n) is 16.0. The largest absolute Gasteiger partial charge is 0.325 e. The molecule has 0 saturated heterocycles. The van der Waals surface area contributed by atoms with Crippen LogP contribution in [0.15, 0.2) is 59.8 Å². The van der Waals surface area contributed by atoms with Crippen LogP contribution in [0.5, 0.6) is 0 Å². The van der Waals surface area contributed by atoms with Crippen LogP contribution in [0.4, 0.5) is 11.4 Å². The van der Waals surface area contributed by atoms with Gasteiger partial charge in [0.2, 0.25) is 5.91 Å². The van der Waals surface area contributed by atoms with E-state index in [-0.39, 0.29) is 17.6 Å². The number of rotatable bonds is 7. The van der Waals surface area contributed by atoms with Gasteiger partial charge in [0.05, 0.1) is 17.0 Å². The zero-order valence-corrected chi connectivity index (χ0v) is 16.8. The second kappa shape index (κ2) is 8.48. The van der Waals surface area contributed by atoms with Crippen molar-refractivity contribution in [1.82, 2.24) is 14.8 Å². The maximum atomic E-state index is 12.6. The van der Waals surface area contributed by atoms with Gasteiger partial charge in [-0.2, -0.15) is 0 Å². The molecule has 1 aromatic heterocycles. The maximum Gasteiger partial charge on any atom is 0.257 e. The highest BCUT2D eigenvalue weighted by Gasteiger charge is 2.29. The summed E-state index contributed by atoms with van der Waals surface area (Å²) >= 11 is 1.33. The second-order valence-electron chi connectivity index (χ2n) is 6.88. The van der Waals surface area contributed by atoms with Gasteiger partial charge in [0.15, 0.2) is 5.16 Å². The van der Waals surface area contributed by atoms with Crippen molar-refractivity contribution < 1.29 is 9.59 Å². The zero-order chi connectivity index (χ0) is 20.2. The van der Waals surface area contributed by atoms with Crippen LogP contribution in [-0.4, -0.2) is 32.3 Å². The number of anilines is 2. The average Bonchev–Trinajstić information content (AvgIpc) is 3.50. The number of benzene rings is 2. The summed E-state index contributed by atoms with van der Waals surface area (Å²) in [4.78, 5) is 25.1. The lowest BCUT2D eigenvalue weighted by Crippen LogP contribution is -2.19. The summed E-state index contributed by atoms with van der Waals surface area (Å²) in [5, 5.41) is 14.8. The van der Waals surface area contributed by atoms with Gasteiger partial charge in [-0.25, -0.2) is 0 Å². The first-order chi connectivity index (χ1) is 14.1. The minimum absolute atomic E-state index is 0.186. The smallest absolute Gasteiger partial charge is 0.257 e. The van der Waals surface area contributed by atoms with Crippen LogP contribution in [0.25, 0.3) is 0 Å². The van der Waals surface area contributed by atoms with Gasteiger partial charge in [-0.15, -0.1) is 10.2 Å². The number of hydrogen-bond donors (Lipinski definition) is 2. The van der Waals surface area contributed by atoms with Crippen molar-refractivity contribution in [3.63, 3.8) is 0 Å². The number of thioether (sulfide) groups is 1. The third-order valence-corrected chi connectivity index (χ3v) is 5.64. The first kappa shape index (κ1) is 19.2. The molecule has 2 aromatic carbocycles. The van der Waals surface area contributed by atoms with Gasteiger partial charge >= 0.3 is 0 Å². The SMILES string of the molecule is Cn1c(SCC(=O)Nc2ccccc2C(=O)Nc2ccccc2)nnc1C1CC1. The van der Waals surface area contributed by atoms with Crippen molar-refractivity contribution >= 4 is 35.0 Å². The number of hydrogen-bond acceptors (Lipinski definition) is 5. The summed E-state index contributed by atoms with van der Waals surface area (Å²) < 4.78 is 1.96. The fourth-order valence-electron chi connectivity index (χ4n) is 2.98. The number of aromatic nitrogens is 3. The van der Waals surface area contributed by atoms with Gasteiger partial charge in [0.25, 0.3) is 5.91 Å². The van der Waals surface area contributed by atoms with Gasteiger partial charge in [-0.3, -0.25) is 9.59 Å². The molecule has 0 bridgehead atoms. The van der Waals surface area contributed by atoms with Crippen LogP contribution in [0.2, 0.25) is 0 Å². The third kappa shape index (κ3) is 4.65. The number of carbonyl (C=O) groups excluding carboxylic acids is 2. The molecule has 0 spiro atoms. The Bertz CT molecular complexity index is 1030. The first-order valence-corrected chi connectivity index (χ1v) is 10.4. The summed E-state index contributed by atoms with van der Waals surface area (Å²) in [6.45, 7) is 0. The molecule has 0 atom stereocenters. The molecule has 1 aliphatic rings. The minimum atomic E-state index is -0.276. The van der Waals surface area contributed by atoms with Crippen molar-refractivity contribution in [2.75, 3.05) is 16.4 Å². The highest BCUT2D eigenvalue weighted by atomic mass is 32.2. The van der Waals surface area contributed by atoms with E-state index < -0.39 is 0 Å². The minimum Gasteiger partial charge on any atom is -0.325 e. The van der Waals surface area contributed by atoms with Crippen molar-refractivity contribution in [3.8, 4) is 0 Å². The predicted octanol–water partition coefficient (Wildman–Crippen LogP) is 3.68. The Morgan fingerprint density at radius 2 is 1.76 bits per heavy atom. The van der Waals surface area contributed by atoms with Crippen LogP contribution in [0.3, 0.4) is 0 Å². The Hall–Kier alpha value is -3.13. The van der Waals surface area contributed by atoms with Gasteiger partial charge in [0.1, 0.15) is 5.82 Å². The van der Waals surface area contributed by atoms with Crippen molar-refractivity contribution in [2.24, 2.45) is 7.05 Å². The molecule has 0 radical (unpaired) electrons. The average molecular weight is 407 g/mol. The molecule has 2 N–H and O–H groups in total. The van der Waals surface area contributed by atoms with Crippen LogP contribution in [-0.2, 0) is 11.8 Å². The molecule has 1 aliphatic carbocycles. The van der Waals surface area contributed by atoms with Gasteiger partial charge in [-0.05, 0) is 37.1 Å². The number of nitrogens with one attached hydrogen (secondary N) is 2. The summed E-state index contributed by atoms with van der Waals surface area (Å²) in [5.41, 5.74) is 1.58. The molecule has 1 heterocycles. The lowest BCUT2D eigenvalue weighted by atomic mass is 10.1. The highest BCUT2D eigenvalue weighted by molar-refractivity contribution is 7.99. The monoisotopic (exact) mass is 407 g/mol. The normalized spacial score (nSPS) is 13.1. The quantitative estimate of drug-likeness (QED) is 0.583. The Morgan fingerprint density at radius 1 is 1.03 bits per heavy atom. The highest BCUT2D eigenvalue weighted by Crippen LogP contribution is 2.39. The molecule has 7 nitrogen and oxygen atoms in total. The standard InChI is InChI=1S/C21H21N5O2S/c1-26-19(14-11-12-14)24-25-21(26)29-13-18(27)23-17-10-6-5-9-16(17)20(28)22-15-7-3-2-4-8-15/h2-10,14H,11-13H2,1H3,(H,22,28)(H,23,27). The van der Waals surface area contributed by atoms with E-state index >= 15 is 0 Å². The van der Waals surface area contributed by atoms with E-state index in [1.54, 1.807) is 24.3 Å². The molecule has 1 saturated carbocycles. The Labute approximate surface area is 172 Å². The molecule has 0 unspecified atom stereocenters. The summed E-state index contributed by atoms with van der Waals surface area (Å²) in [5.74, 6) is 1.19. The number of amides is 2. The maximum absolute atomic E-state index is 12.6. The van der Waals surface area contributed by atoms with Gasteiger partial charge < -0.3 is 15.2 Å². The van der Waals surface area contributed by atoms with Crippen LogP contribution >= 0.6 is 11.8 Å². The molecule has 1 fully saturated rings. The lowest BCUT2D eigenvalue weighted by molar-refractivity contribution is -0.113. The van der Waals surface area contributed by atoms with Crippen molar-refractivity contribution in [3.05, 3.63) is 66.0 Å². The Morgan fingerprint density at radius 3 is 2.52 bits per heavy atom. The molecule has 3 aromatic rings. The molecular weight excluding hydrogens is 386 g/mol. The van der Waals surface area contributed by atoms with Crippen molar-refractivity contribution in [1.29, 1.82) is 0 Å². The summed E-state index contributed by atoms with van der Waals surface area (Å²) in [7, 11) is 1.93. The molecule has 8 heteroatoms. The van der Waals surface area contributed by atoms with E-state index in [0.717, 1.165) is 23.8 Å². The van der Waals surface area contributed by atoms with Gasteiger partial charge in [-0.1, -0.05) is 42.1 Å². The molecule has 148 valence electrons. The van der Waals surface area contributed by atoms with Crippen LogP contribution in [0, 0.1) is 0 Å². The van der Waals surface area contributed by atoms with E-state index in [1.165, 1.54) is 11.8 Å². The fraction of sp³-hybridized carbons (Fsp3) is 0.238. The van der Waals surface area contributed by atoms with E-state index in [0.29, 0.717) is 22.9 Å². The number of nitrogens with zero attached hydrogens (tertiary/aromatic N) is 3. The fourth-order valence-corrected chi connectivity index (χ4v) is 3.69. The van der Waals surface area contributed by atoms with Crippen LogP contribution < -0.4 is 10.6 Å². The van der Waals surface area contributed by atoms with Gasteiger partial charge in [0, 0.05) is 18.7 Å². The number of carbonyl (C=O) groups is 2. The molecule has 29 heavy (non-hydrogen) atoms. The second-order valence-corrected chi connectivity index (χ2v) is 7.82. The summed E-state index contributed by atoms with van der Waals surface area (Å²) in [6, 6.07) is 16.2. The first-order valence-electron chi connectivity index (χ1n) is 9.39. The third-order valence-electron chi connectivity index (χ3n) is 4.62. The molecule has 0 aliphatic heterocycles. The van der Waals surface area contributed by atoms with E-state index in [2.05, 4.69) is 20.8 Å². The molecular formula is C21H21N5O2S. The van der Waals surface area contributed by atoms with Crippen LogP contribution in [0.1, 0.15) is 34.9 Å². The number of para-hydroxylation sites is 2. The van der Waals surface area contributed by atoms with E-state index in [9.17, 15) is 9.59 Å². The van der Waals surface area contributed by atoms with E-state index in [4.69, 9.17) is 0 Å². The lowest BCUT2D eigenvalue weighted by Gasteiger charge is -2.11. The topological polar surface area (TPSA) is 88.9 Å². The Kier molecular flexibility index (Phi) is 5.62. The summed E-state index contributed by atoms with van der Waals surface area (Å²) in [6.07, 6.45) is 2.30. The molecule has 4 rings (SSSR count). The van der Waals surface area contributed by atoms with E-state index in [1.807, 2.05) is 41.9 Å². The Balaban J connectivity index is 1.39. The predicted molar refractivity (Wildman–Crippen MR) is 113 cm³/mol. The molecule has 2 amide bonds.